The number of hydrogen-bond acceptors (Lipinski definition) is 7. The maximum Gasteiger partial charge on any atom is 0.242 e. The first kappa shape index (κ1) is 31.4. The second-order valence-electron chi connectivity index (χ2n) is 10.5. The average Bonchev–Trinajstić information content (AvgIpc) is 3.30. The van der Waals surface area contributed by atoms with Crippen molar-refractivity contribution >= 4 is 17.7 Å². The highest BCUT2D eigenvalue weighted by Gasteiger charge is 2.26. The van der Waals surface area contributed by atoms with Crippen LogP contribution in [0.5, 0.6) is 11.5 Å². The fourth-order valence-corrected chi connectivity index (χ4v) is 4.67. The minimum atomic E-state index is -0.551. The standard InChI is InChI=1S/C28H47N5O5/c1-21(2)11-15-32(19-26(29)34)28(36)20-33(16-12-23-7-6-14-31(23)3)27(35)18-30-13-10-22-8-9-24(37-4)25(17-22)38-5/h8-9,17,21,23,30H,6-7,10-16,18-20H2,1-5H3,(H2,29,34). The molecule has 1 heterocycles. The first-order chi connectivity index (χ1) is 18.1. The summed E-state index contributed by atoms with van der Waals surface area (Å²) in [7, 11) is 5.31. The van der Waals surface area contributed by atoms with Gasteiger partial charge in [0.15, 0.2) is 11.5 Å². The molecule has 1 aliphatic heterocycles. The third-order valence-corrected chi connectivity index (χ3v) is 7.07. The molecule has 0 radical (unpaired) electrons. The lowest BCUT2D eigenvalue weighted by Crippen LogP contribution is -2.48. The van der Waals surface area contributed by atoms with Gasteiger partial charge in [-0.25, -0.2) is 0 Å². The van der Waals surface area contributed by atoms with E-state index in [0.717, 1.165) is 37.8 Å². The van der Waals surface area contributed by atoms with Crippen molar-refractivity contribution in [1.82, 2.24) is 20.0 Å². The van der Waals surface area contributed by atoms with E-state index in [2.05, 4.69) is 31.1 Å². The zero-order valence-electron chi connectivity index (χ0n) is 23.8. The largest absolute Gasteiger partial charge is 0.493 e. The van der Waals surface area contributed by atoms with E-state index in [4.69, 9.17) is 15.2 Å². The normalized spacial score (nSPS) is 15.5. The van der Waals surface area contributed by atoms with E-state index >= 15 is 0 Å². The number of likely N-dealkylation sites (tertiary alicyclic amines) is 1. The fourth-order valence-electron chi connectivity index (χ4n) is 4.67. The van der Waals surface area contributed by atoms with E-state index in [1.54, 1.807) is 19.1 Å². The highest BCUT2D eigenvalue weighted by atomic mass is 16.5. The molecule has 1 aromatic rings. The van der Waals surface area contributed by atoms with Gasteiger partial charge in [0, 0.05) is 19.1 Å². The van der Waals surface area contributed by atoms with Crippen molar-refractivity contribution in [2.45, 2.75) is 52.0 Å². The smallest absolute Gasteiger partial charge is 0.242 e. The lowest BCUT2D eigenvalue weighted by atomic mass is 10.1. The Hall–Kier alpha value is -2.85. The number of nitrogens with one attached hydrogen (secondary N) is 1. The summed E-state index contributed by atoms with van der Waals surface area (Å²) in [5.41, 5.74) is 6.47. The van der Waals surface area contributed by atoms with Gasteiger partial charge < -0.3 is 35.2 Å². The maximum absolute atomic E-state index is 13.2. The van der Waals surface area contributed by atoms with Crippen molar-refractivity contribution < 1.29 is 23.9 Å². The van der Waals surface area contributed by atoms with Gasteiger partial charge in [0.25, 0.3) is 0 Å². The number of amides is 3. The van der Waals surface area contributed by atoms with Crippen molar-refractivity contribution in [3.63, 3.8) is 0 Å². The zero-order valence-corrected chi connectivity index (χ0v) is 23.8. The first-order valence-electron chi connectivity index (χ1n) is 13.6. The Morgan fingerprint density at radius 2 is 1.79 bits per heavy atom. The minimum Gasteiger partial charge on any atom is -0.493 e. The van der Waals surface area contributed by atoms with Crippen LogP contribution in [-0.4, -0.2) is 106 Å². The number of primary amides is 1. The summed E-state index contributed by atoms with van der Waals surface area (Å²) < 4.78 is 10.7. The third kappa shape index (κ3) is 10.5. The summed E-state index contributed by atoms with van der Waals surface area (Å²) in [6, 6.07) is 6.17. The first-order valence-corrected chi connectivity index (χ1v) is 13.6. The van der Waals surface area contributed by atoms with Crippen LogP contribution in [0.4, 0.5) is 0 Å². The van der Waals surface area contributed by atoms with Crippen LogP contribution in [0.15, 0.2) is 18.2 Å². The van der Waals surface area contributed by atoms with Gasteiger partial charge in [-0.3, -0.25) is 14.4 Å². The van der Waals surface area contributed by atoms with Crippen LogP contribution in [0.25, 0.3) is 0 Å². The van der Waals surface area contributed by atoms with Gasteiger partial charge in [-0.2, -0.15) is 0 Å². The van der Waals surface area contributed by atoms with Crippen LogP contribution in [0, 0.1) is 5.92 Å². The Morgan fingerprint density at radius 3 is 2.39 bits per heavy atom. The molecule has 3 amide bonds. The summed E-state index contributed by atoms with van der Waals surface area (Å²) in [5, 5.41) is 3.22. The van der Waals surface area contributed by atoms with Crippen LogP contribution < -0.4 is 20.5 Å². The van der Waals surface area contributed by atoms with Gasteiger partial charge >= 0.3 is 0 Å². The number of methoxy groups -OCH3 is 2. The van der Waals surface area contributed by atoms with Crippen molar-refractivity contribution in [3.8, 4) is 11.5 Å². The fraction of sp³-hybridized carbons (Fsp3) is 0.679. The Bertz CT molecular complexity index is 910. The molecule has 0 spiro atoms. The second kappa shape index (κ2) is 16.2. The summed E-state index contributed by atoms with van der Waals surface area (Å²) in [6.07, 6.45) is 4.52. The molecule has 0 aliphatic carbocycles. The van der Waals surface area contributed by atoms with Gasteiger partial charge in [0.1, 0.15) is 0 Å². The van der Waals surface area contributed by atoms with Gasteiger partial charge in [-0.05, 0) is 75.9 Å². The molecule has 1 atom stereocenters. The van der Waals surface area contributed by atoms with Crippen molar-refractivity contribution in [2.24, 2.45) is 11.7 Å². The van der Waals surface area contributed by atoms with E-state index in [-0.39, 0.29) is 31.4 Å². The van der Waals surface area contributed by atoms with Crippen LogP contribution in [-0.2, 0) is 20.8 Å². The molecule has 1 saturated heterocycles. The lowest BCUT2D eigenvalue weighted by Gasteiger charge is -2.29. The van der Waals surface area contributed by atoms with Gasteiger partial charge in [-0.1, -0.05) is 19.9 Å². The highest BCUT2D eigenvalue weighted by molar-refractivity contribution is 5.88. The average molecular weight is 534 g/mol. The number of ether oxygens (including phenoxy) is 2. The molecule has 3 N–H and O–H groups in total. The molecule has 1 fully saturated rings. The van der Waals surface area contributed by atoms with E-state index in [1.807, 2.05) is 18.2 Å². The Labute approximate surface area is 227 Å². The molecule has 1 unspecified atom stereocenters. The van der Waals surface area contributed by atoms with Crippen molar-refractivity contribution in [2.75, 3.05) is 67.1 Å². The van der Waals surface area contributed by atoms with E-state index < -0.39 is 5.91 Å². The van der Waals surface area contributed by atoms with Crippen molar-refractivity contribution in [1.29, 1.82) is 0 Å². The zero-order chi connectivity index (χ0) is 28.1. The SMILES string of the molecule is COc1ccc(CCNCC(=O)N(CCC2CCCN2C)CC(=O)N(CCC(C)C)CC(N)=O)cc1OC. The molecule has 0 bridgehead atoms. The summed E-state index contributed by atoms with van der Waals surface area (Å²) in [6.45, 7) is 6.64. The monoisotopic (exact) mass is 533 g/mol. The predicted molar refractivity (Wildman–Crippen MR) is 148 cm³/mol. The molecule has 2 rings (SSSR count). The van der Waals surface area contributed by atoms with Crippen LogP contribution in [0.3, 0.4) is 0 Å². The summed E-state index contributed by atoms with van der Waals surface area (Å²) >= 11 is 0. The highest BCUT2D eigenvalue weighted by Crippen LogP contribution is 2.27. The van der Waals surface area contributed by atoms with Crippen LogP contribution in [0.1, 0.15) is 45.1 Å². The van der Waals surface area contributed by atoms with Crippen LogP contribution >= 0.6 is 0 Å². The number of carbonyl (C=O) groups excluding carboxylic acids is 3. The summed E-state index contributed by atoms with van der Waals surface area (Å²) in [5.74, 6) is 0.789. The second-order valence-corrected chi connectivity index (χ2v) is 10.5. The number of carbonyl (C=O) groups is 3. The molecule has 10 heteroatoms. The third-order valence-electron chi connectivity index (χ3n) is 7.07. The van der Waals surface area contributed by atoms with Gasteiger partial charge in [0.05, 0.1) is 33.9 Å². The molecular formula is C28H47N5O5. The topological polar surface area (TPSA) is 117 Å². The lowest BCUT2D eigenvalue weighted by molar-refractivity contribution is -0.141. The van der Waals surface area contributed by atoms with Crippen LogP contribution in [0.2, 0.25) is 0 Å². The predicted octanol–water partition coefficient (Wildman–Crippen LogP) is 1.51. The molecule has 1 aliphatic rings. The maximum atomic E-state index is 13.2. The molecular weight excluding hydrogens is 486 g/mol. The quantitative estimate of drug-likeness (QED) is 0.292. The van der Waals surface area contributed by atoms with Crippen molar-refractivity contribution in [3.05, 3.63) is 23.8 Å². The Balaban J connectivity index is 1.98. The number of rotatable bonds is 17. The Morgan fingerprint density at radius 1 is 1.08 bits per heavy atom. The molecule has 214 valence electrons. The van der Waals surface area contributed by atoms with E-state index in [1.165, 1.54) is 4.90 Å². The molecule has 0 aromatic heterocycles. The molecule has 0 saturated carbocycles. The molecule has 38 heavy (non-hydrogen) atoms. The summed E-state index contributed by atoms with van der Waals surface area (Å²) in [4.78, 5) is 43.4. The number of nitrogens with zero attached hydrogens (tertiary/aromatic N) is 3. The van der Waals surface area contributed by atoms with E-state index in [9.17, 15) is 14.4 Å². The number of hydrogen-bond donors (Lipinski definition) is 2. The minimum absolute atomic E-state index is 0.0575. The Kier molecular flexibility index (Phi) is 13.4. The number of benzene rings is 1. The molecule has 10 nitrogen and oxygen atoms in total. The van der Waals surface area contributed by atoms with E-state index in [0.29, 0.717) is 49.5 Å². The number of nitrogens with two attached hydrogens (primary N) is 1. The molecule has 1 aromatic carbocycles. The van der Waals surface area contributed by atoms with Gasteiger partial charge in [-0.15, -0.1) is 0 Å². The van der Waals surface area contributed by atoms with Gasteiger partial charge in [0.2, 0.25) is 17.7 Å².